The molecule has 0 aliphatic rings. The van der Waals surface area contributed by atoms with Gasteiger partial charge in [0.05, 0.1) is 16.7 Å². The lowest BCUT2D eigenvalue weighted by molar-refractivity contribution is -0.138. The molecule has 7 aromatic rings. The van der Waals surface area contributed by atoms with Gasteiger partial charge in [-0.25, -0.2) is 0 Å². The minimum Gasteiger partial charge on any atom is -0.456 e. The number of furan rings is 1. The fourth-order valence-corrected chi connectivity index (χ4v) is 11.6. The van der Waals surface area contributed by atoms with Gasteiger partial charge < -0.3 is 13.5 Å². The van der Waals surface area contributed by atoms with Crippen molar-refractivity contribution in [2.24, 2.45) is 0 Å². The summed E-state index contributed by atoms with van der Waals surface area (Å²) >= 11 is 0. The number of fused-ring (bicyclic) bond motifs is 3. The van der Waals surface area contributed by atoms with E-state index >= 15 is 9.13 Å². The Labute approximate surface area is 301 Å². The van der Waals surface area contributed by atoms with Crippen molar-refractivity contribution in [3.05, 3.63) is 156 Å². The standard InChI is InChI=1S/C40H25F9O3P2/c1-24-2-10-28(11-3-24)53(50,29-12-4-25(5-13-29)38(41,42)43)32-18-20-36-34(22-32)35-23-33(19-21-37(35)52-36)54(51,30-14-6-26(7-15-30)39(44,45)46)31-16-8-27(9-17-31)40(47,48)49/h2-23H,1H3. The van der Waals surface area contributed by atoms with E-state index in [0.29, 0.717) is 21.7 Å². The lowest BCUT2D eigenvalue weighted by Gasteiger charge is -2.21. The summed E-state index contributed by atoms with van der Waals surface area (Å²) < 4.78 is 158. The first-order valence-electron chi connectivity index (χ1n) is 16.1. The summed E-state index contributed by atoms with van der Waals surface area (Å²) in [6.45, 7) is 1.82. The fourth-order valence-electron chi connectivity index (χ4n) is 6.38. The second kappa shape index (κ2) is 13.1. The lowest BCUT2D eigenvalue weighted by Crippen LogP contribution is -2.26. The van der Waals surface area contributed by atoms with Crippen LogP contribution >= 0.6 is 14.3 Å². The van der Waals surface area contributed by atoms with Gasteiger partial charge in [0.1, 0.15) is 11.2 Å². The van der Waals surface area contributed by atoms with Crippen molar-refractivity contribution in [2.45, 2.75) is 25.5 Å². The highest BCUT2D eigenvalue weighted by Gasteiger charge is 2.37. The maximum atomic E-state index is 15.3. The number of aryl methyl sites for hydroxylation is 1. The summed E-state index contributed by atoms with van der Waals surface area (Å²) in [6, 6.07) is 26.9. The molecule has 0 saturated carbocycles. The van der Waals surface area contributed by atoms with Crippen LogP contribution in [0, 0.1) is 6.92 Å². The molecule has 0 fully saturated rings. The van der Waals surface area contributed by atoms with Crippen molar-refractivity contribution >= 4 is 68.0 Å². The van der Waals surface area contributed by atoms with Gasteiger partial charge in [-0.1, -0.05) is 66.2 Å². The molecule has 54 heavy (non-hydrogen) atoms. The topological polar surface area (TPSA) is 47.3 Å². The summed E-state index contributed by atoms with van der Waals surface area (Å²) in [6.07, 6.45) is -14.0. The van der Waals surface area contributed by atoms with Crippen LogP contribution in [0.4, 0.5) is 39.5 Å². The third-order valence-corrected chi connectivity index (χ3v) is 15.3. The summed E-state index contributed by atoms with van der Waals surface area (Å²) in [5.41, 5.74) is -1.52. The second-order valence-electron chi connectivity index (χ2n) is 12.7. The molecular weight excluding hydrogens is 761 g/mol. The van der Waals surface area contributed by atoms with Crippen LogP contribution < -0.4 is 31.8 Å². The predicted molar refractivity (Wildman–Crippen MR) is 192 cm³/mol. The van der Waals surface area contributed by atoms with Crippen LogP contribution in [0.1, 0.15) is 22.3 Å². The minimum atomic E-state index is -4.71. The maximum Gasteiger partial charge on any atom is 0.416 e. The van der Waals surface area contributed by atoms with E-state index in [1.807, 2.05) is 6.92 Å². The molecule has 1 heterocycles. The smallest absolute Gasteiger partial charge is 0.416 e. The third-order valence-electron chi connectivity index (χ3n) is 9.24. The highest BCUT2D eigenvalue weighted by molar-refractivity contribution is 7.85. The first-order chi connectivity index (χ1) is 25.3. The second-order valence-corrected chi connectivity index (χ2v) is 18.2. The van der Waals surface area contributed by atoms with Crippen LogP contribution in [-0.2, 0) is 27.7 Å². The number of hydrogen-bond acceptors (Lipinski definition) is 3. The Morgan fingerprint density at radius 3 is 0.926 bits per heavy atom. The first kappa shape index (κ1) is 37.3. The number of benzene rings is 6. The highest BCUT2D eigenvalue weighted by Crippen LogP contribution is 2.47. The van der Waals surface area contributed by atoms with E-state index < -0.39 is 49.5 Å². The molecular formula is C40H25F9O3P2. The lowest BCUT2D eigenvalue weighted by atomic mass is 10.1. The molecule has 0 aliphatic heterocycles. The molecule has 1 aromatic heterocycles. The normalized spacial score (nSPS) is 14.0. The van der Waals surface area contributed by atoms with Gasteiger partial charge in [0.2, 0.25) is 0 Å². The van der Waals surface area contributed by atoms with Crippen LogP contribution in [0.5, 0.6) is 0 Å². The Balaban J connectivity index is 1.43. The number of halogens is 9. The van der Waals surface area contributed by atoms with Gasteiger partial charge in [-0.05, 0) is 79.7 Å². The zero-order valence-corrected chi connectivity index (χ0v) is 29.5. The quantitative estimate of drug-likeness (QED) is 0.125. The molecule has 0 spiro atoms. The molecule has 3 nitrogen and oxygen atoms in total. The molecule has 0 aliphatic carbocycles. The Morgan fingerprint density at radius 2 is 0.648 bits per heavy atom. The molecule has 0 bridgehead atoms. The van der Waals surface area contributed by atoms with Crippen LogP contribution in [0.15, 0.2) is 138 Å². The fraction of sp³-hybridized carbons (Fsp3) is 0.100. The average molecular weight is 787 g/mol. The van der Waals surface area contributed by atoms with Crippen molar-refractivity contribution in [3.8, 4) is 0 Å². The number of hydrogen-bond donors (Lipinski definition) is 0. The maximum absolute atomic E-state index is 15.3. The van der Waals surface area contributed by atoms with Crippen molar-refractivity contribution in [3.63, 3.8) is 0 Å². The van der Waals surface area contributed by atoms with E-state index in [1.165, 1.54) is 30.3 Å². The summed E-state index contributed by atoms with van der Waals surface area (Å²) in [7, 11) is -8.02. The number of alkyl halides is 9. The minimum absolute atomic E-state index is 0.0621. The SMILES string of the molecule is Cc1ccc(P(=O)(c2ccc(C(F)(F)F)cc2)c2ccc3oc4ccc(P(=O)(c5ccc(C(F)(F)F)cc5)c5ccc(C(F)(F)F)cc5)cc4c3c2)cc1. The van der Waals surface area contributed by atoms with E-state index in [4.69, 9.17) is 4.42 Å². The Hall–Kier alpha value is -5.05. The first-order valence-corrected chi connectivity index (χ1v) is 19.5. The molecule has 0 amide bonds. The van der Waals surface area contributed by atoms with Crippen molar-refractivity contribution in [2.75, 3.05) is 0 Å². The highest BCUT2D eigenvalue weighted by atomic mass is 31.2. The number of rotatable bonds is 6. The molecule has 1 unspecified atom stereocenters. The predicted octanol–water partition coefficient (Wildman–Crippen LogP) is 10.2. The van der Waals surface area contributed by atoms with Crippen LogP contribution in [0.3, 0.4) is 0 Å². The van der Waals surface area contributed by atoms with Crippen molar-refractivity contribution in [1.82, 2.24) is 0 Å². The van der Waals surface area contributed by atoms with Crippen molar-refractivity contribution < 1.29 is 53.1 Å². The molecule has 14 heteroatoms. The Morgan fingerprint density at radius 1 is 0.389 bits per heavy atom. The average Bonchev–Trinajstić information content (AvgIpc) is 3.51. The Kier molecular flexibility index (Phi) is 9.02. The largest absolute Gasteiger partial charge is 0.456 e. The summed E-state index contributed by atoms with van der Waals surface area (Å²) in [5.74, 6) is 0. The summed E-state index contributed by atoms with van der Waals surface area (Å²) in [5, 5.41) is 1.33. The monoisotopic (exact) mass is 786 g/mol. The third kappa shape index (κ3) is 6.56. The van der Waals surface area contributed by atoms with Gasteiger partial charge in [-0.2, -0.15) is 39.5 Å². The van der Waals surface area contributed by atoms with Crippen LogP contribution in [-0.4, -0.2) is 0 Å². The van der Waals surface area contributed by atoms with Gasteiger partial charge in [0, 0.05) is 42.6 Å². The Bertz CT molecular complexity index is 2540. The van der Waals surface area contributed by atoms with Crippen LogP contribution in [0.2, 0.25) is 0 Å². The molecule has 0 N–H and O–H groups in total. The molecule has 1 atom stereocenters. The van der Waals surface area contributed by atoms with Crippen LogP contribution in [0.25, 0.3) is 21.9 Å². The van der Waals surface area contributed by atoms with Gasteiger partial charge in [-0.3, -0.25) is 0 Å². The molecule has 276 valence electrons. The molecule has 0 saturated heterocycles. The molecule has 0 radical (unpaired) electrons. The van der Waals surface area contributed by atoms with Gasteiger partial charge in [0.25, 0.3) is 0 Å². The zero-order valence-electron chi connectivity index (χ0n) is 27.7. The van der Waals surface area contributed by atoms with Gasteiger partial charge in [-0.15, -0.1) is 0 Å². The summed E-state index contributed by atoms with van der Waals surface area (Å²) in [4.78, 5) is 0. The van der Waals surface area contributed by atoms with Crippen molar-refractivity contribution in [1.29, 1.82) is 0 Å². The van der Waals surface area contributed by atoms with E-state index in [9.17, 15) is 39.5 Å². The van der Waals surface area contributed by atoms with E-state index in [2.05, 4.69) is 0 Å². The van der Waals surface area contributed by atoms with E-state index in [-0.39, 0.29) is 32.1 Å². The molecule has 6 aromatic carbocycles. The zero-order chi connectivity index (χ0) is 38.8. The molecule has 7 rings (SSSR count). The van der Waals surface area contributed by atoms with Gasteiger partial charge in [0.15, 0.2) is 14.3 Å². The van der Waals surface area contributed by atoms with Gasteiger partial charge >= 0.3 is 18.5 Å². The van der Waals surface area contributed by atoms with E-state index in [1.54, 1.807) is 42.5 Å². The van der Waals surface area contributed by atoms with E-state index in [0.717, 1.165) is 66.2 Å².